The number of nitrogens with zero attached hydrogens (tertiary/aromatic N) is 3. The van der Waals surface area contributed by atoms with Gasteiger partial charge in [0.25, 0.3) is 0 Å². The van der Waals surface area contributed by atoms with Crippen molar-refractivity contribution < 1.29 is 14.0 Å². The first-order valence-corrected chi connectivity index (χ1v) is 9.71. The highest BCUT2D eigenvalue weighted by Gasteiger charge is 2.25. The zero-order valence-electron chi connectivity index (χ0n) is 15.6. The molecule has 0 unspecified atom stereocenters. The van der Waals surface area contributed by atoms with E-state index in [0.717, 1.165) is 12.8 Å². The summed E-state index contributed by atoms with van der Waals surface area (Å²) in [5.74, 6) is -0.313. The van der Waals surface area contributed by atoms with E-state index in [1.165, 1.54) is 6.07 Å². The van der Waals surface area contributed by atoms with Gasteiger partial charge in [0.05, 0.1) is 13.1 Å². The first-order valence-electron chi connectivity index (χ1n) is 9.33. The fraction of sp³-hybridized carbons (Fsp3) is 0.579. The van der Waals surface area contributed by atoms with E-state index in [0.29, 0.717) is 49.4 Å². The molecule has 0 bridgehead atoms. The van der Waals surface area contributed by atoms with E-state index in [-0.39, 0.29) is 30.7 Å². The fourth-order valence-corrected chi connectivity index (χ4v) is 3.42. The normalized spacial score (nSPS) is 18.0. The first kappa shape index (κ1) is 20.0. The number of likely N-dealkylation sites (N-methyl/N-ethyl adjacent to an activating group) is 1. The van der Waals surface area contributed by atoms with Gasteiger partial charge in [-0.15, -0.1) is 0 Å². The zero-order chi connectivity index (χ0) is 19.4. The second-order valence-corrected chi connectivity index (χ2v) is 7.78. The van der Waals surface area contributed by atoms with Gasteiger partial charge >= 0.3 is 0 Å². The van der Waals surface area contributed by atoms with E-state index < -0.39 is 0 Å². The Balaban J connectivity index is 1.41. The summed E-state index contributed by atoms with van der Waals surface area (Å²) < 4.78 is 13.9. The van der Waals surface area contributed by atoms with Crippen molar-refractivity contribution in [1.29, 1.82) is 0 Å². The van der Waals surface area contributed by atoms with Crippen LogP contribution in [0, 0.1) is 5.82 Å². The summed E-state index contributed by atoms with van der Waals surface area (Å²) in [6, 6.07) is 5.03. The number of amides is 2. The second kappa shape index (κ2) is 8.99. The van der Waals surface area contributed by atoms with Crippen molar-refractivity contribution in [3.63, 3.8) is 0 Å². The summed E-state index contributed by atoms with van der Waals surface area (Å²) >= 11 is 6.09. The second-order valence-electron chi connectivity index (χ2n) is 7.37. The van der Waals surface area contributed by atoms with Crippen LogP contribution in [0.5, 0.6) is 0 Å². The van der Waals surface area contributed by atoms with Gasteiger partial charge in [0.15, 0.2) is 0 Å². The van der Waals surface area contributed by atoms with Crippen LogP contribution in [0.1, 0.15) is 18.4 Å². The van der Waals surface area contributed by atoms with E-state index in [1.807, 2.05) is 0 Å². The summed E-state index contributed by atoms with van der Waals surface area (Å²) in [6.07, 6.45) is 2.10. The molecule has 1 aromatic rings. The fourth-order valence-electron chi connectivity index (χ4n) is 3.20. The maximum atomic E-state index is 13.9. The Bertz CT molecular complexity index is 670. The predicted molar refractivity (Wildman–Crippen MR) is 102 cm³/mol. The smallest absolute Gasteiger partial charge is 0.236 e. The number of rotatable bonds is 7. The minimum Gasteiger partial charge on any atom is -0.352 e. The van der Waals surface area contributed by atoms with Crippen LogP contribution in [0.15, 0.2) is 18.2 Å². The van der Waals surface area contributed by atoms with Gasteiger partial charge in [-0.2, -0.15) is 0 Å². The maximum absolute atomic E-state index is 13.9. The molecule has 1 N–H and O–H groups in total. The lowest BCUT2D eigenvalue weighted by molar-refractivity contribution is -0.134. The van der Waals surface area contributed by atoms with Crippen LogP contribution in [0.3, 0.4) is 0 Å². The Morgan fingerprint density at radius 3 is 2.56 bits per heavy atom. The highest BCUT2D eigenvalue weighted by atomic mass is 35.5. The molecule has 0 aromatic heterocycles. The first-order chi connectivity index (χ1) is 12.9. The lowest BCUT2D eigenvalue weighted by Crippen LogP contribution is -2.51. The van der Waals surface area contributed by atoms with Gasteiger partial charge in [-0.05, 0) is 32.0 Å². The van der Waals surface area contributed by atoms with Crippen molar-refractivity contribution in [2.24, 2.45) is 0 Å². The number of halogens is 2. The van der Waals surface area contributed by atoms with Gasteiger partial charge in [-0.25, -0.2) is 4.39 Å². The average Bonchev–Trinajstić information content (AvgIpc) is 3.42. The van der Waals surface area contributed by atoms with E-state index in [2.05, 4.69) is 10.2 Å². The van der Waals surface area contributed by atoms with Crippen molar-refractivity contribution in [2.75, 3.05) is 46.3 Å². The van der Waals surface area contributed by atoms with Crippen molar-refractivity contribution in [3.05, 3.63) is 34.6 Å². The Morgan fingerprint density at radius 1 is 1.22 bits per heavy atom. The van der Waals surface area contributed by atoms with Gasteiger partial charge < -0.3 is 10.2 Å². The third kappa shape index (κ3) is 5.89. The molecular formula is C19H26ClFN4O2. The van der Waals surface area contributed by atoms with Crippen LogP contribution in [0.2, 0.25) is 5.02 Å². The van der Waals surface area contributed by atoms with Crippen LogP contribution < -0.4 is 5.32 Å². The Labute approximate surface area is 164 Å². The van der Waals surface area contributed by atoms with Crippen molar-refractivity contribution in [3.8, 4) is 0 Å². The third-order valence-electron chi connectivity index (χ3n) is 4.93. The molecule has 1 saturated carbocycles. The number of nitrogens with one attached hydrogen (secondary N) is 1. The lowest BCUT2D eigenvalue weighted by Gasteiger charge is -2.35. The Kier molecular flexibility index (Phi) is 6.68. The molecule has 148 valence electrons. The minimum atomic E-state index is -0.299. The molecule has 2 fully saturated rings. The summed E-state index contributed by atoms with van der Waals surface area (Å²) in [7, 11) is 1.78. The summed E-state index contributed by atoms with van der Waals surface area (Å²) in [5.41, 5.74) is 0.500. The maximum Gasteiger partial charge on any atom is 0.236 e. The van der Waals surface area contributed by atoms with Crippen molar-refractivity contribution >= 4 is 23.4 Å². The molecule has 1 aliphatic heterocycles. The van der Waals surface area contributed by atoms with Gasteiger partial charge in [-0.1, -0.05) is 17.7 Å². The van der Waals surface area contributed by atoms with E-state index in [4.69, 9.17) is 11.6 Å². The Morgan fingerprint density at radius 2 is 1.93 bits per heavy atom. The summed E-state index contributed by atoms with van der Waals surface area (Å²) in [5, 5.41) is 3.35. The van der Waals surface area contributed by atoms with Gasteiger partial charge in [0, 0.05) is 49.4 Å². The highest BCUT2D eigenvalue weighted by molar-refractivity contribution is 6.31. The molecule has 0 radical (unpaired) electrons. The molecule has 1 aliphatic carbocycles. The van der Waals surface area contributed by atoms with Crippen LogP contribution in [-0.2, 0) is 16.1 Å². The van der Waals surface area contributed by atoms with Crippen molar-refractivity contribution in [2.45, 2.75) is 25.4 Å². The minimum absolute atomic E-state index is 0.0142. The van der Waals surface area contributed by atoms with Crippen LogP contribution in [0.4, 0.5) is 4.39 Å². The molecule has 1 heterocycles. The topological polar surface area (TPSA) is 55.9 Å². The molecule has 1 aromatic carbocycles. The van der Waals surface area contributed by atoms with Crippen LogP contribution in [0.25, 0.3) is 0 Å². The zero-order valence-corrected chi connectivity index (χ0v) is 16.3. The highest BCUT2D eigenvalue weighted by Crippen LogP contribution is 2.21. The molecule has 0 spiro atoms. The number of carbonyl (C=O) groups excluding carboxylic acids is 2. The number of piperazine rings is 1. The third-order valence-corrected chi connectivity index (χ3v) is 5.28. The summed E-state index contributed by atoms with van der Waals surface area (Å²) in [4.78, 5) is 29.9. The number of carbonyl (C=O) groups is 2. The van der Waals surface area contributed by atoms with Crippen LogP contribution >= 0.6 is 11.6 Å². The van der Waals surface area contributed by atoms with E-state index in [9.17, 15) is 14.0 Å². The summed E-state index contributed by atoms with van der Waals surface area (Å²) in [6.45, 7) is 3.41. The van der Waals surface area contributed by atoms with E-state index >= 15 is 0 Å². The molecule has 27 heavy (non-hydrogen) atoms. The molecule has 0 atom stereocenters. The van der Waals surface area contributed by atoms with Crippen molar-refractivity contribution in [1.82, 2.24) is 20.0 Å². The molecule has 2 aliphatic rings. The number of benzene rings is 1. The van der Waals surface area contributed by atoms with Gasteiger partial charge in [0.2, 0.25) is 11.8 Å². The standard InChI is InChI=1S/C19H26ClFN4O2/c1-23(12-18(26)22-14-5-6-14)13-19(27)25-9-7-24(8-10-25)11-15-16(20)3-2-4-17(15)21/h2-4,14H,5-13H2,1H3,(H,22,26). The lowest BCUT2D eigenvalue weighted by atomic mass is 10.2. The SMILES string of the molecule is CN(CC(=O)NC1CC1)CC(=O)N1CCN(Cc2c(F)cccc2Cl)CC1. The number of hydrogen-bond acceptors (Lipinski definition) is 4. The van der Waals surface area contributed by atoms with Crippen LogP contribution in [-0.4, -0.2) is 78.9 Å². The Hall–Kier alpha value is -1.70. The average molecular weight is 397 g/mol. The molecule has 3 rings (SSSR count). The molecule has 1 saturated heterocycles. The molecule has 6 nitrogen and oxygen atoms in total. The molecule has 8 heteroatoms. The number of hydrogen-bond donors (Lipinski definition) is 1. The molecular weight excluding hydrogens is 371 g/mol. The molecule has 2 amide bonds. The van der Waals surface area contributed by atoms with Gasteiger partial charge in [-0.3, -0.25) is 19.4 Å². The quantitative estimate of drug-likeness (QED) is 0.755. The largest absolute Gasteiger partial charge is 0.352 e. The predicted octanol–water partition coefficient (Wildman–Crippen LogP) is 1.33. The van der Waals surface area contributed by atoms with E-state index in [1.54, 1.807) is 29.0 Å². The van der Waals surface area contributed by atoms with Gasteiger partial charge in [0.1, 0.15) is 5.82 Å². The monoisotopic (exact) mass is 396 g/mol.